The Balaban J connectivity index is 1.40. The first-order valence-electron chi connectivity index (χ1n) is 19.2. The number of rotatable bonds is 13. The quantitative estimate of drug-likeness (QED) is 0.145. The van der Waals surface area contributed by atoms with Crippen LogP contribution in [0, 0.1) is 10.8 Å². The van der Waals surface area contributed by atoms with Crippen molar-refractivity contribution in [3.05, 3.63) is 83.1 Å². The Bertz CT molecular complexity index is 1880. The van der Waals surface area contributed by atoms with Gasteiger partial charge in [-0.2, -0.15) is 0 Å². The molecule has 4 atom stereocenters. The summed E-state index contributed by atoms with van der Waals surface area (Å²) in [6, 6.07) is 13.8. The van der Waals surface area contributed by atoms with Crippen molar-refractivity contribution in [1.29, 1.82) is 0 Å². The molecule has 2 saturated heterocycles. The largest absolute Gasteiger partial charge is 0.465 e. The van der Waals surface area contributed by atoms with Gasteiger partial charge >= 0.3 is 12.2 Å². The molecule has 3 heterocycles. The van der Waals surface area contributed by atoms with Crippen LogP contribution in [0.2, 0.25) is 0 Å². The molecule has 2 aliphatic rings. The topological polar surface area (TPSA) is 255 Å². The van der Waals surface area contributed by atoms with Crippen LogP contribution in [0.25, 0.3) is 0 Å². The first-order chi connectivity index (χ1) is 27.1. The van der Waals surface area contributed by atoms with Gasteiger partial charge in [0.1, 0.15) is 29.4 Å². The maximum atomic E-state index is 13.9. The molecule has 58 heavy (non-hydrogen) atoms. The molecule has 5 rings (SSSR count). The summed E-state index contributed by atoms with van der Waals surface area (Å²) in [7, 11) is 0. The molecule has 1 aromatic heterocycles. The molecule has 0 aliphatic carbocycles. The number of carboxylic acid groups (broad SMARTS) is 2. The third-order valence-electron chi connectivity index (χ3n) is 11.2. The Morgan fingerprint density at radius 2 is 1.09 bits per heavy atom. The van der Waals surface area contributed by atoms with E-state index in [-0.39, 0.29) is 25.9 Å². The Labute approximate surface area is 337 Å². The Morgan fingerprint density at radius 1 is 0.707 bits per heavy atom. The second kappa shape index (κ2) is 16.4. The van der Waals surface area contributed by atoms with Crippen LogP contribution in [0.5, 0.6) is 0 Å². The van der Waals surface area contributed by atoms with E-state index >= 15 is 0 Å². The normalized spacial score (nSPS) is 20.6. The molecule has 0 spiro atoms. The van der Waals surface area contributed by atoms with Crippen LogP contribution in [0.15, 0.2) is 65.4 Å². The van der Waals surface area contributed by atoms with E-state index in [0.29, 0.717) is 42.9 Å². The van der Waals surface area contributed by atoms with Crippen molar-refractivity contribution in [3.8, 4) is 0 Å². The van der Waals surface area contributed by atoms with E-state index in [0.717, 1.165) is 11.1 Å². The highest BCUT2D eigenvalue weighted by Gasteiger charge is 2.54. The summed E-state index contributed by atoms with van der Waals surface area (Å²) >= 11 is 0. The molecule has 2 fully saturated rings. The number of carbonyl (C=O) groups excluding carboxylic acids is 4. The van der Waals surface area contributed by atoms with Crippen molar-refractivity contribution in [3.63, 3.8) is 0 Å². The van der Waals surface area contributed by atoms with E-state index in [1.807, 2.05) is 29.2 Å². The molecule has 0 radical (unpaired) electrons. The summed E-state index contributed by atoms with van der Waals surface area (Å²) in [5.41, 5.74) is 10.3. The van der Waals surface area contributed by atoms with E-state index in [2.05, 4.69) is 15.8 Å². The standard InChI is InChI=1S/C41H54N8O9/c1-38(2,3)30(44-36(54)55)32(50)48-20-7-18-40(48,34(42)52)27-13-9-25(10-14-27)23-47(29-17-22-58-46-29)24-26-11-15-28(16-12-26)41(35(43)53)19-8-21-49(41)33(51)31(39(4,5)6)45-37(56)57/h9-17,22,30-31,44-45H,7-8,18-21,23-24H2,1-6H3,(H2,42,52)(H2,43,53)(H,54,55)(H,56,57)/t30-,31-,40+,41+/m1/s1. The lowest BCUT2D eigenvalue weighted by molar-refractivity contribution is -0.147. The van der Waals surface area contributed by atoms with Crippen molar-refractivity contribution in [1.82, 2.24) is 25.6 Å². The Hall–Kier alpha value is -6.13. The van der Waals surface area contributed by atoms with Gasteiger partial charge in [0.05, 0.1) is 0 Å². The van der Waals surface area contributed by atoms with Crippen LogP contribution in [-0.4, -0.2) is 86.2 Å². The summed E-state index contributed by atoms with van der Waals surface area (Å²) < 4.78 is 5.17. The number of nitrogens with one attached hydrogen (secondary N) is 2. The number of nitrogens with zero attached hydrogens (tertiary/aromatic N) is 4. The summed E-state index contributed by atoms with van der Waals surface area (Å²) in [4.78, 5) is 82.5. The monoisotopic (exact) mass is 802 g/mol. The number of primary amides is 2. The maximum Gasteiger partial charge on any atom is 0.405 e. The lowest BCUT2D eigenvalue weighted by atomic mass is 9.82. The molecule has 2 aliphatic heterocycles. The third-order valence-corrected chi connectivity index (χ3v) is 11.2. The third kappa shape index (κ3) is 8.43. The number of amides is 6. The fraction of sp³-hybridized carbons (Fsp3) is 0.488. The van der Waals surface area contributed by atoms with E-state index in [1.165, 1.54) is 16.1 Å². The van der Waals surface area contributed by atoms with Gasteiger partial charge in [-0.25, -0.2) is 9.59 Å². The minimum atomic E-state index is -1.48. The van der Waals surface area contributed by atoms with E-state index in [4.69, 9.17) is 16.0 Å². The molecule has 6 amide bonds. The molecule has 0 saturated carbocycles. The number of benzene rings is 2. The fourth-order valence-electron chi connectivity index (χ4n) is 8.29. The molecule has 17 nitrogen and oxygen atoms in total. The molecule has 312 valence electrons. The van der Waals surface area contributed by atoms with Crippen LogP contribution in [0.1, 0.15) is 89.5 Å². The minimum absolute atomic E-state index is 0.227. The Kier molecular flexibility index (Phi) is 12.1. The van der Waals surface area contributed by atoms with E-state index in [9.17, 15) is 39.0 Å². The highest BCUT2D eigenvalue weighted by atomic mass is 16.5. The number of hydrogen-bond donors (Lipinski definition) is 6. The first-order valence-corrected chi connectivity index (χ1v) is 19.2. The van der Waals surface area contributed by atoms with E-state index in [1.54, 1.807) is 71.9 Å². The van der Waals surface area contributed by atoms with Crippen molar-refractivity contribution >= 4 is 41.6 Å². The van der Waals surface area contributed by atoms with Gasteiger partial charge in [0.25, 0.3) is 0 Å². The number of anilines is 1. The van der Waals surface area contributed by atoms with Crippen molar-refractivity contribution in [2.24, 2.45) is 22.3 Å². The number of hydrogen-bond acceptors (Lipinski definition) is 9. The highest BCUT2D eigenvalue weighted by molar-refractivity contribution is 5.96. The molecule has 2 aromatic carbocycles. The van der Waals surface area contributed by atoms with Crippen molar-refractivity contribution in [2.75, 3.05) is 18.0 Å². The van der Waals surface area contributed by atoms with Gasteiger partial charge in [0, 0.05) is 32.2 Å². The maximum absolute atomic E-state index is 13.9. The van der Waals surface area contributed by atoms with Crippen LogP contribution in [0.4, 0.5) is 15.4 Å². The summed E-state index contributed by atoms with van der Waals surface area (Å²) in [5.74, 6) is -1.95. The average molecular weight is 803 g/mol. The lowest BCUT2D eigenvalue weighted by Crippen LogP contribution is -2.61. The van der Waals surface area contributed by atoms with Crippen LogP contribution >= 0.6 is 0 Å². The lowest BCUT2D eigenvalue weighted by Gasteiger charge is -2.41. The fourth-order valence-corrected chi connectivity index (χ4v) is 8.29. The number of carbonyl (C=O) groups is 6. The molecule has 0 bridgehead atoms. The van der Waals surface area contributed by atoms with Gasteiger partial charge < -0.3 is 51.5 Å². The van der Waals surface area contributed by atoms with Gasteiger partial charge in [0.2, 0.25) is 23.6 Å². The first kappa shape index (κ1) is 43.0. The Morgan fingerprint density at radius 3 is 1.38 bits per heavy atom. The van der Waals surface area contributed by atoms with Crippen molar-refractivity contribution < 1.29 is 43.5 Å². The second-order valence-corrected chi connectivity index (χ2v) is 17.2. The smallest absolute Gasteiger partial charge is 0.405 e. The average Bonchev–Trinajstić information content (AvgIpc) is 3.93. The predicted octanol–water partition coefficient (Wildman–Crippen LogP) is 3.85. The molecule has 17 heteroatoms. The van der Waals surface area contributed by atoms with E-state index < -0.39 is 69.8 Å². The summed E-state index contributed by atoms with van der Waals surface area (Å²) in [5, 5.41) is 27.8. The van der Waals surface area contributed by atoms with Crippen LogP contribution in [-0.2, 0) is 43.3 Å². The molecule has 8 N–H and O–H groups in total. The molecular weight excluding hydrogens is 748 g/mol. The molecule has 3 aromatic rings. The second-order valence-electron chi connectivity index (χ2n) is 17.2. The van der Waals surface area contributed by atoms with Crippen LogP contribution < -0.4 is 27.0 Å². The zero-order chi connectivity index (χ0) is 42.8. The van der Waals surface area contributed by atoms with Gasteiger partial charge in [0.15, 0.2) is 5.82 Å². The highest BCUT2D eigenvalue weighted by Crippen LogP contribution is 2.42. The zero-order valence-electron chi connectivity index (χ0n) is 33.8. The van der Waals surface area contributed by atoms with Crippen molar-refractivity contribution in [2.45, 2.75) is 103 Å². The minimum Gasteiger partial charge on any atom is -0.465 e. The van der Waals surface area contributed by atoms with Gasteiger partial charge in [-0.3, -0.25) is 19.2 Å². The molecule has 0 unspecified atom stereocenters. The molecular formula is C41H54N8O9. The number of nitrogens with two attached hydrogens (primary N) is 2. The SMILES string of the molecule is CC(C)(C)[C@H](NC(=O)O)C(=O)N1CCC[C@@]1(C(N)=O)c1ccc(CN(Cc2ccc([C@]3(C(N)=O)CCCN3C(=O)[C@@H](NC(=O)O)C(C)(C)C)cc2)c2ccon2)cc1. The van der Waals surface area contributed by atoms with Crippen LogP contribution in [0.3, 0.4) is 0 Å². The summed E-state index contributed by atoms with van der Waals surface area (Å²) in [6.45, 7) is 11.6. The van der Waals surface area contributed by atoms with Gasteiger partial charge in [-0.1, -0.05) is 95.2 Å². The summed E-state index contributed by atoms with van der Waals surface area (Å²) in [6.07, 6.45) is 0.291. The van der Waals surface area contributed by atoms with Gasteiger partial charge in [-0.05, 0) is 58.8 Å². The zero-order valence-corrected chi connectivity index (χ0v) is 33.8. The number of aromatic nitrogens is 1. The van der Waals surface area contributed by atoms with Gasteiger partial charge in [-0.15, -0.1) is 0 Å². The predicted molar refractivity (Wildman–Crippen MR) is 212 cm³/mol. The number of likely N-dealkylation sites (tertiary alicyclic amines) is 2.